The van der Waals surface area contributed by atoms with Gasteiger partial charge in [0.15, 0.2) is 11.5 Å². The highest BCUT2D eigenvalue weighted by Crippen LogP contribution is 2.39. The van der Waals surface area contributed by atoms with E-state index < -0.39 is 58.4 Å². The van der Waals surface area contributed by atoms with Gasteiger partial charge >= 0.3 is 12.9 Å². The molecular weight excluding hydrogens is 739 g/mol. The zero-order valence-corrected chi connectivity index (χ0v) is 33.4. The van der Waals surface area contributed by atoms with E-state index in [-0.39, 0.29) is 57.1 Å². The van der Waals surface area contributed by atoms with Gasteiger partial charge in [0.05, 0.1) is 43.6 Å². The molecule has 1 aromatic rings. The number of hydrogen-bond donors (Lipinski definition) is 1. The third-order valence-corrected chi connectivity index (χ3v) is 10.6. The Balaban J connectivity index is 1.44. The quantitative estimate of drug-likeness (QED) is 0.0603. The number of aromatic nitrogens is 1. The van der Waals surface area contributed by atoms with Gasteiger partial charge in [0, 0.05) is 68.4 Å². The van der Waals surface area contributed by atoms with Crippen molar-refractivity contribution in [2.75, 3.05) is 33.4 Å². The molecule has 0 saturated carbocycles. The van der Waals surface area contributed by atoms with E-state index >= 15 is 8.63 Å². The third-order valence-electron chi connectivity index (χ3n) is 9.88. The number of ketones is 1. The highest BCUT2D eigenvalue weighted by Gasteiger charge is 2.54. The van der Waals surface area contributed by atoms with Crippen molar-refractivity contribution in [2.45, 2.75) is 116 Å². The van der Waals surface area contributed by atoms with Crippen LogP contribution in [0, 0.1) is 0 Å². The van der Waals surface area contributed by atoms with Crippen LogP contribution in [0.2, 0.25) is 0 Å². The van der Waals surface area contributed by atoms with Crippen LogP contribution >= 0.6 is 0 Å². The van der Waals surface area contributed by atoms with Crippen LogP contribution in [-0.4, -0.2) is 113 Å². The molecule has 4 rings (SSSR count). The minimum absolute atomic E-state index is 0.0394. The normalized spacial score (nSPS) is 17.2. The van der Waals surface area contributed by atoms with Crippen LogP contribution < -0.4 is 5.32 Å². The number of imide groups is 1. The summed E-state index contributed by atoms with van der Waals surface area (Å²) >= 11 is 0. The molecule has 0 aromatic carbocycles. The van der Waals surface area contributed by atoms with E-state index in [9.17, 15) is 36.9 Å². The number of fused-ring (bicyclic) bond motifs is 2. The zero-order chi connectivity index (χ0) is 40.7. The minimum atomic E-state index is -4.94. The molecule has 0 aliphatic carbocycles. The first-order valence-corrected chi connectivity index (χ1v) is 20.8. The van der Waals surface area contributed by atoms with Gasteiger partial charge in [-0.1, -0.05) is 33.1 Å². The molecule has 14 nitrogen and oxygen atoms in total. The van der Waals surface area contributed by atoms with Gasteiger partial charge in [-0.25, -0.2) is 13.2 Å². The Hall–Kier alpha value is -4.03. The van der Waals surface area contributed by atoms with Crippen LogP contribution in [0.25, 0.3) is 6.08 Å². The van der Waals surface area contributed by atoms with Crippen molar-refractivity contribution in [3.05, 3.63) is 40.4 Å². The number of nitrogens with zero attached hydrogens (tertiary/aromatic N) is 4. The van der Waals surface area contributed by atoms with Crippen LogP contribution in [0.4, 0.5) is 8.63 Å². The fourth-order valence-electron chi connectivity index (χ4n) is 7.32. The predicted octanol–water partition coefficient (Wildman–Crippen LogP) is 3.79. The van der Waals surface area contributed by atoms with Gasteiger partial charge in [-0.2, -0.15) is 0 Å². The van der Waals surface area contributed by atoms with Crippen molar-refractivity contribution in [3.63, 3.8) is 0 Å². The second-order valence-corrected chi connectivity index (χ2v) is 17.0. The molecule has 1 atom stereocenters. The van der Waals surface area contributed by atoms with E-state index in [1.165, 1.54) is 4.48 Å². The molecule has 3 amide bonds. The van der Waals surface area contributed by atoms with Crippen LogP contribution in [0.5, 0.6) is 0 Å². The largest absolute Gasteiger partial charge is 0.748 e. The number of hydrogen-bond acceptors (Lipinski definition) is 9. The molecule has 3 aliphatic rings. The molecule has 1 saturated heterocycles. The average molecular weight is 794 g/mol. The second-order valence-electron chi connectivity index (χ2n) is 15.6. The topological polar surface area (TPSA) is 175 Å². The summed E-state index contributed by atoms with van der Waals surface area (Å²) < 4.78 is 71.8. The lowest BCUT2D eigenvalue weighted by Crippen LogP contribution is -2.51. The number of rotatable bonds is 22. The first kappa shape index (κ1) is 43.7. The Bertz CT molecular complexity index is 1870. The number of unbranched alkanes of at least 4 members (excludes halogenated alkanes) is 2. The zero-order valence-electron chi connectivity index (χ0n) is 32.5. The summed E-state index contributed by atoms with van der Waals surface area (Å²) in [5, 5.41) is 2.78. The Morgan fingerprint density at radius 1 is 0.945 bits per heavy atom. The standard InChI is InChI=1S/C37H54BF2N5O9S/c1-6-12-26-22-28(14-11-21-45(3,4)5)42-31(26)24-32-27(13-7-2)23-29(43(32)38(42,39)40)17-18-34(47)41-30(25-55(51,52)53)33(46)15-9-8-10-16-37(50)54-44-35(48)19-20-36(44)49/h22-24,30H,6-21,25H2,1-5H3,(H-,41,47,51,52,53). The number of hydroxylamine groups is 2. The SMILES string of the molecule is CCCC1=CC(CCC(=O)NC(CS(=O)(=O)[O-])C(=O)CCCCCC(=O)ON2C(=O)CCC2=O)=[N+]2C1=Cc1c(CCC)cc(CCC[N+](C)(C)C)n1[B-]2(F)F. The highest BCUT2D eigenvalue weighted by atomic mass is 32.2. The van der Waals surface area contributed by atoms with Gasteiger partial charge in [-0.15, -0.1) is 5.06 Å². The summed E-state index contributed by atoms with van der Waals surface area (Å²) in [6.45, 7) is 0.432. The molecule has 1 N–H and O–H groups in total. The molecular formula is C37H54BF2N5O9S. The smallest absolute Gasteiger partial charge is 0.737 e. The molecule has 3 aliphatic heterocycles. The highest BCUT2D eigenvalue weighted by molar-refractivity contribution is 7.85. The van der Waals surface area contributed by atoms with Crippen LogP contribution in [0.15, 0.2) is 23.4 Å². The Labute approximate surface area is 322 Å². The van der Waals surface area contributed by atoms with E-state index in [0.717, 1.165) is 35.0 Å². The van der Waals surface area contributed by atoms with Gasteiger partial charge in [0.25, 0.3) is 11.8 Å². The average Bonchev–Trinajstić information content (AvgIpc) is 3.72. The number of nitrogens with one attached hydrogen (secondary N) is 1. The van der Waals surface area contributed by atoms with E-state index in [2.05, 4.69) is 26.5 Å². The first-order chi connectivity index (χ1) is 25.8. The third kappa shape index (κ3) is 11.5. The number of quaternary nitrogens is 1. The van der Waals surface area contributed by atoms with Gasteiger partial charge in [-0.05, 0) is 49.4 Å². The summed E-state index contributed by atoms with van der Waals surface area (Å²) in [7, 11) is 1.23. The number of allylic oxidation sites excluding steroid dienone is 2. The molecule has 1 aromatic heterocycles. The molecule has 0 spiro atoms. The maximum absolute atomic E-state index is 16.9. The van der Waals surface area contributed by atoms with Crippen LogP contribution in [-0.2, 0) is 51.8 Å². The second kappa shape index (κ2) is 18.3. The van der Waals surface area contributed by atoms with Gasteiger partial charge in [0.1, 0.15) is 11.8 Å². The molecule has 304 valence electrons. The predicted molar refractivity (Wildman–Crippen MR) is 200 cm³/mol. The van der Waals surface area contributed by atoms with E-state index in [4.69, 9.17) is 4.84 Å². The molecule has 4 heterocycles. The van der Waals surface area contributed by atoms with Gasteiger partial charge in [-0.3, -0.25) is 19.2 Å². The molecule has 0 bridgehead atoms. The fraction of sp³-hybridized carbons (Fsp3) is 0.622. The summed E-state index contributed by atoms with van der Waals surface area (Å²) in [6.07, 6.45) is 7.23. The summed E-state index contributed by atoms with van der Waals surface area (Å²) in [5.41, 5.74) is 3.31. The van der Waals surface area contributed by atoms with Gasteiger partial charge in [0.2, 0.25) is 5.91 Å². The maximum atomic E-state index is 16.9. The van der Waals surface area contributed by atoms with Gasteiger partial charge < -0.3 is 36.8 Å². The van der Waals surface area contributed by atoms with E-state index in [0.29, 0.717) is 58.7 Å². The van der Waals surface area contributed by atoms with Crippen molar-refractivity contribution in [3.8, 4) is 0 Å². The van der Waals surface area contributed by atoms with Crippen molar-refractivity contribution < 1.29 is 59.4 Å². The fourth-order valence-corrected chi connectivity index (χ4v) is 8.00. The monoisotopic (exact) mass is 793 g/mol. The Kier molecular flexibility index (Phi) is 14.5. The maximum Gasteiger partial charge on any atom is 0.737 e. The van der Waals surface area contributed by atoms with Crippen molar-refractivity contribution in [2.24, 2.45) is 0 Å². The summed E-state index contributed by atoms with van der Waals surface area (Å²) in [4.78, 5) is 66.2. The summed E-state index contributed by atoms with van der Waals surface area (Å²) in [6, 6.07) is 0.258. The molecule has 1 fully saturated rings. The molecule has 55 heavy (non-hydrogen) atoms. The van der Waals surface area contributed by atoms with Crippen LogP contribution in [0.1, 0.15) is 114 Å². The number of carbonyl (C=O) groups is 5. The first-order valence-electron chi connectivity index (χ1n) is 19.2. The minimum Gasteiger partial charge on any atom is -0.748 e. The lowest BCUT2D eigenvalue weighted by atomic mass is 9.88. The lowest BCUT2D eigenvalue weighted by molar-refractivity contribution is -0.870. The van der Waals surface area contributed by atoms with E-state index in [1.54, 1.807) is 6.08 Å². The number of Topliss-reactive ketones (excluding diaryl/α,β-unsaturated/α-hetero) is 1. The van der Waals surface area contributed by atoms with Crippen molar-refractivity contribution in [1.82, 2.24) is 14.9 Å². The number of carbonyl (C=O) groups excluding carboxylic acids is 5. The molecule has 18 heteroatoms. The van der Waals surface area contributed by atoms with Crippen LogP contribution in [0.3, 0.4) is 0 Å². The molecule has 1 unspecified atom stereocenters. The number of aryl methyl sites for hydroxylation is 2. The number of amides is 3. The Morgan fingerprint density at radius 2 is 1.60 bits per heavy atom. The number of halogens is 2. The summed E-state index contributed by atoms with van der Waals surface area (Å²) in [5.74, 6) is -4.67. The van der Waals surface area contributed by atoms with Crippen molar-refractivity contribution >= 4 is 58.3 Å². The van der Waals surface area contributed by atoms with E-state index in [1.807, 2.05) is 26.0 Å². The lowest BCUT2D eigenvalue weighted by Gasteiger charge is -2.32. The molecule has 0 radical (unpaired) electrons. The Morgan fingerprint density at radius 3 is 2.22 bits per heavy atom. The van der Waals surface area contributed by atoms with Crippen molar-refractivity contribution in [1.29, 1.82) is 0 Å².